The molecule has 0 amide bonds. The van der Waals surface area contributed by atoms with E-state index in [4.69, 9.17) is 0 Å². The lowest BCUT2D eigenvalue weighted by atomic mass is 10.0. The lowest BCUT2D eigenvalue weighted by molar-refractivity contribution is 0.515. The van der Waals surface area contributed by atoms with Crippen LogP contribution in [0.3, 0.4) is 0 Å². The second-order valence-corrected chi connectivity index (χ2v) is 6.67. The monoisotopic (exact) mass is 320 g/mol. The van der Waals surface area contributed by atoms with Crippen molar-refractivity contribution in [2.24, 2.45) is 5.92 Å². The van der Waals surface area contributed by atoms with Gasteiger partial charge in [-0.05, 0) is 48.1 Å². The van der Waals surface area contributed by atoms with Gasteiger partial charge in [-0.25, -0.2) is 4.98 Å². The van der Waals surface area contributed by atoms with Crippen LogP contribution >= 0.6 is 0 Å². The van der Waals surface area contributed by atoms with Crippen molar-refractivity contribution in [2.75, 3.05) is 0 Å². The number of hydrogen-bond donors (Lipinski definition) is 0. The fraction of sp³-hybridized carbons (Fsp3) is 0.333. The van der Waals surface area contributed by atoms with Gasteiger partial charge in [0, 0.05) is 23.7 Å². The van der Waals surface area contributed by atoms with E-state index in [9.17, 15) is 4.79 Å². The van der Waals surface area contributed by atoms with Crippen LogP contribution in [-0.4, -0.2) is 9.55 Å². The minimum absolute atomic E-state index is 0.0510. The third-order valence-electron chi connectivity index (χ3n) is 4.42. The zero-order valence-corrected chi connectivity index (χ0v) is 14.6. The van der Waals surface area contributed by atoms with Crippen LogP contribution in [0.25, 0.3) is 22.2 Å². The molecule has 3 nitrogen and oxygen atoms in total. The average molecular weight is 320 g/mol. The zero-order chi connectivity index (χ0) is 17.1. The Labute approximate surface area is 143 Å². The predicted molar refractivity (Wildman–Crippen MR) is 100 cm³/mol. The SMILES string of the molecule is CCc1cccc(-c2cc3cccnc3n(CCC(C)C)c2=O)c1. The number of nitrogens with zero attached hydrogens (tertiary/aromatic N) is 2. The highest BCUT2D eigenvalue weighted by Crippen LogP contribution is 2.22. The van der Waals surface area contributed by atoms with E-state index >= 15 is 0 Å². The molecule has 0 atom stereocenters. The highest BCUT2D eigenvalue weighted by Gasteiger charge is 2.12. The number of rotatable bonds is 5. The largest absolute Gasteiger partial charge is 0.292 e. The van der Waals surface area contributed by atoms with Gasteiger partial charge in [0.05, 0.1) is 0 Å². The lowest BCUT2D eigenvalue weighted by Crippen LogP contribution is -2.23. The quantitative estimate of drug-likeness (QED) is 0.684. The van der Waals surface area contributed by atoms with Crippen molar-refractivity contribution in [3.05, 3.63) is 64.6 Å². The number of benzene rings is 1. The van der Waals surface area contributed by atoms with E-state index in [1.165, 1.54) is 5.56 Å². The van der Waals surface area contributed by atoms with Crippen molar-refractivity contribution in [1.82, 2.24) is 9.55 Å². The average Bonchev–Trinajstić information content (AvgIpc) is 2.60. The molecule has 0 aliphatic carbocycles. The molecule has 0 fully saturated rings. The van der Waals surface area contributed by atoms with Gasteiger partial charge in [-0.15, -0.1) is 0 Å². The van der Waals surface area contributed by atoms with E-state index < -0.39 is 0 Å². The van der Waals surface area contributed by atoms with Gasteiger partial charge in [0.25, 0.3) is 5.56 Å². The lowest BCUT2D eigenvalue weighted by Gasteiger charge is -2.14. The first-order valence-corrected chi connectivity index (χ1v) is 8.68. The van der Waals surface area contributed by atoms with E-state index in [-0.39, 0.29) is 5.56 Å². The molecule has 2 aromatic heterocycles. The van der Waals surface area contributed by atoms with Crippen LogP contribution in [0, 0.1) is 5.92 Å². The van der Waals surface area contributed by atoms with Crippen LogP contribution < -0.4 is 5.56 Å². The maximum atomic E-state index is 13.1. The summed E-state index contributed by atoms with van der Waals surface area (Å²) in [5.74, 6) is 0.544. The molecule has 0 saturated carbocycles. The Morgan fingerprint density at radius 3 is 2.71 bits per heavy atom. The van der Waals surface area contributed by atoms with Gasteiger partial charge < -0.3 is 0 Å². The highest BCUT2D eigenvalue weighted by molar-refractivity contribution is 5.81. The van der Waals surface area contributed by atoms with E-state index in [2.05, 4.69) is 37.9 Å². The summed E-state index contributed by atoms with van der Waals surface area (Å²) in [6.07, 6.45) is 3.68. The molecule has 0 saturated heterocycles. The van der Waals surface area contributed by atoms with E-state index in [1.54, 1.807) is 6.20 Å². The molecule has 0 radical (unpaired) electrons. The third-order valence-corrected chi connectivity index (χ3v) is 4.42. The number of fused-ring (bicyclic) bond motifs is 1. The fourth-order valence-electron chi connectivity index (χ4n) is 2.97. The summed E-state index contributed by atoms with van der Waals surface area (Å²) in [4.78, 5) is 17.6. The predicted octanol–water partition coefficient (Wildman–Crippen LogP) is 4.67. The number of aromatic nitrogens is 2. The molecule has 0 bridgehead atoms. The smallest absolute Gasteiger partial charge is 0.260 e. The van der Waals surface area contributed by atoms with Crippen molar-refractivity contribution in [2.45, 2.75) is 40.2 Å². The molecular formula is C21H24N2O. The molecule has 3 rings (SSSR count). The maximum absolute atomic E-state index is 13.1. The normalized spacial score (nSPS) is 11.3. The first-order valence-electron chi connectivity index (χ1n) is 8.68. The minimum Gasteiger partial charge on any atom is -0.292 e. The molecule has 124 valence electrons. The molecular weight excluding hydrogens is 296 g/mol. The van der Waals surface area contributed by atoms with Crippen molar-refractivity contribution in [3.8, 4) is 11.1 Å². The number of hydrogen-bond acceptors (Lipinski definition) is 2. The Morgan fingerprint density at radius 2 is 1.96 bits per heavy atom. The Morgan fingerprint density at radius 1 is 1.12 bits per heavy atom. The first kappa shape index (κ1) is 16.4. The molecule has 3 heteroatoms. The van der Waals surface area contributed by atoms with Crippen molar-refractivity contribution < 1.29 is 0 Å². The Balaban J connectivity index is 2.21. The zero-order valence-electron chi connectivity index (χ0n) is 14.6. The number of pyridine rings is 2. The summed E-state index contributed by atoms with van der Waals surface area (Å²) >= 11 is 0. The van der Waals surface area contributed by atoms with Gasteiger partial charge in [-0.3, -0.25) is 9.36 Å². The van der Waals surface area contributed by atoms with Crippen LogP contribution in [-0.2, 0) is 13.0 Å². The summed E-state index contributed by atoms with van der Waals surface area (Å²) < 4.78 is 1.84. The molecule has 0 N–H and O–H groups in total. The molecule has 3 aromatic rings. The van der Waals surface area contributed by atoms with Gasteiger partial charge in [-0.2, -0.15) is 0 Å². The Hall–Kier alpha value is -2.42. The summed E-state index contributed by atoms with van der Waals surface area (Å²) in [5.41, 5.74) is 3.82. The minimum atomic E-state index is 0.0510. The second-order valence-electron chi connectivity index (χ2n) is 6.67. The third kappa shape index (κ3) is 3.25. The van der Waals surface area contributed by atoms with Crippen LogP contribution in [0.5, 0.6) is 0 Å². The van der Waals surface area contributed by atoms with Gasteiger partial charge >= 0.3 is 0 Å². The fourth-order valence-corrected chi connectivity index (χ4v) is 2.97. The van der Waals surface area contributed by atoms with Crippen LogP contribution in [0.4, 0.5) is 0 Å². The first-order chi connectivity index (χ1) is 11.6. The van der Waals surface area contributed by atoms with E-state index in [0.29, 0.717) is 12.5 Å². The van der Waals surface area contributed by atoms with Gasteiger partial charge in [0.2, 0.25) is 0 Å². The number of aryl methyl sites for hydroxylation is 2. The molecule has 1 aromatic carbocycles. The molecule has 0 unspecified atom stereocenters. The molecule has 0 aliphatic rings. The van der Waals surface area contributed by atoms with Crippen molar-refractivity contribution >= 4 is 11.0 Å². The maximum Gasteiger partial charge on any atom is 0.260 e. The van der Waals surface area contributed by atoms with Crippen molar-refractivity contribution in [1.29, 1.82) is 0 Å². The van der Waals surface area contributed by atoms with Crippen LogP contribution in [0.2, 0.25) is 0 Å². The van der Waals surface area contributed by atoms with E-state index in [0.717, 1.165) is 35.0 Å². The van der Waals surface area contributed by atoms with E-state index in [1.807, 2.05) is 34.9 Å². The Kier molecular flexibility index (Phi) is 4.79. The molecule has 24 heavy (non-hydrogen) atoms. The summed E-state index contributed by atoms with van der Waals surface area (Å²) in [7, 11) is 0. The topological polar surface area (TPSA) is 34.9 Å². The van der Waals surface area contributed by atoms with Crippen LogP contribution in [0.15, 0.2) is 53.5 Å². The summed E-state index contributed by atoms with van der Waals surface area (Å²) in [6, 6.07) is 14.2. The molecule has 0 spiro atoms. The summed E-state index contributed by atoms with van der Waals surface area (Å²) in [5, 5.41) is 1.01. The standard InChI is InChI=1S/C21H24N2O/c1-4-16-7-5-8-17(13-16)19-14-18-9-6-11-22-20(18)23(21(19)24)12-10-15(2)3/h5-9,11,13-15H,4,10,12H2,1-3H3. The Bertz CT molecular complexity index is 909. The van der Waals surface area contributed by atoms with Crippen molar-refractivity contribution in [3.63, 3.8) is 0 Å². The van der Waals surface area contributed by atoms with Crippen LogP contribution in [0.1, 0.15) is 32.8 Å². The second kappa shape index (κ2) is 7.00. The summed E-state index contributed by atoms with van der Waals surface area (Å²) in [6.45, 7) is 7.18. The van der Waals surface area contributed by atoms with Gasteiger partial charge in [0.15, 0.2) is 0 Å². The van der Waals surface area contributed by atoms with Gasteiger partial charge in [0.1, 0.15) is 5.65 Å². The molecule has 2 heterocycles. The van der Waals surface area contributed by atoms with Gasteiger partial charge in [-0.1, -0.05) is 45.0 Å². The molecule has 0 aliphatic heterocycles. The highest BCUT2D eigenvalue weighted by atomic mass is 16.1.